The molecule has 2 aliphatic heterocycles. The first-order valence-electron chi connectivity index (χ1n) is 7.52. The number of hydrogen-bond donors (Lipinski definition) is 1. The number of hydrogen-bond acceptors (Lipinski definition) is 3. The second-order valence-corrected chi connectivity index (χ2v) is 6.17. The van der Waals surface area contributed by atoms with E-state index in [2.05, 4.69) is 24.2 Å². The zero-order chi connectivity index (χ0) is 14.2. The molecule has 1 N–H and O–H groups in total. The van der Waals surface area contributed by atoms with Crippen molar-refractivity contribution >= 4 is 0 Å². The molecule has 1 saturated heterocycles. The van der Waals surface area contributed by atoms with Crippen LogP contribution in [0.25, 0.3) is 0 Å². The fourth-order valence-corrected chi connectivity index (χ4v) is 3.44. The predicted octanol–water partition coefficient (Wildman–Crippen LogP) is 2.72. The second kappa shape index (κ2) is 5.34. The first-order chi connectivity index (χ1) is 9.62. The molecule has 110 valence electrons. The molecule has 0 aromatic heterocycles. The minimum atomic E-state index is -0.185. The number of ether oxygens (including phenoxy) is 1. The highest BCUT2D eigenvalue weighted by molar-refractivity contribution is 5.40. The van der Waals surface area contributed by atoms with E-state index in [-0.39, 0.29) is 17.5 Å². The molecule has 1 aromatic rings. The third-order valence-electron chi connectivity index (χ3n) is 4.40. The Balaban J connectivity index is 1.91. The Morgan fingerprint density at radius 2 is 2.35 bits per heavy atom. The first-order valence-corrected chi connectivity index (χ1v) is 7.52. The summed E-state index contributed by atoms with van der Waals surface area (Å²) in [6.07, 6.45) is 3.05. The summed E-state index contributed by atoms with van der Waals surface area (Å²) in [5.74, 6) is 0.664. The van der Waals surface area contributed by atoms with Crippen molar-refractivity contribution < 1.29 is 9.13 Å². The number of likely N-dealkylation sites (tertiary alicyclic amines) is 1. The highest BCUT2D eigenvalue weighted by atomic mass is 19.1. The molecule has 0 aliphatic carbocycles. The van der Waals surface area contributed by atoms with E-state index < -0.39 is 0 Å². The molecule has 1 spiro atoms. The van der Waals surface area contributed by atoms with E-state index >= 15 is 0 Å². The van der Waals surface area contributed by atoms with E-state index in [0.717, 1.165) is 50.2 Å². The lowest BCUT2D eigenvalue weighted by molar-refractivity contribution is 0.0406. The quantitative estimate of drug-likeness (QED) is 0.920. The van der Waals surface area contributed by atoms with E-state index in [1.54, 1.807) is 12.1 Å². The summed E-state index contributed by atoms with van der Waals surface area (Å²) in [6.45, 7) is 5.12. The van der Waals surface area contributed by atoms with Crippen LogP contribution in [0.1, 0.15) is 37.8 Å². The van der Waals surface area contributed by atoms with Crippen molar-refractivity contribution in [3.63, 3.8) is 0 Å². The van der Waals surface area contributed by atoms with Gasteiger partial charge in [0.2, 0.25) is 0 Å². The van der Waals surface area contributed by atoms with Crippen LogP contribution in [0, 0.1) is 5.82 Å². The molecular formula is C16H23FN2O. The summed E-state index contributed by atoms with van der Waals surface area (Å²) in [7, 11) is 2.13. The lowest BCUT2D eigenvalue weighted by atomic mass is 9.86. The van der Waals surface area contributed by atoms with Crippen LogP contribution in [0.3, 0.4) is 0 Å². The van der Waals surface area contributed by atoms with Crippen LogP contribution >= 0.6 is 0 Å². The maximum Gasteiger partial charge on any atom is 0.125 e. The van der Waals surface area contributed by atoms with E-state index in [0.29, 0.717) is 0 Å². The molecule has 1 aromatic carbocycles. The highest BCUT2D eigenvalue weighted by Crippen LogP contribution is 2.43. The van der Waals surface area contributed by atoms with Crippen LogP contribution in [-0.4, -0.2) is 37.2 Å². The van der Waals surface area contributed by atoms with Crippen molar-refractivity contribution in [3.8, 4) is 5.75 Å². The van der Waals surface area contributed by atoms with Gasteiger partial charge in [-0.1, -0.05) is 6.92 Å². The number of fused-ring (bicyclic) bond motifs is 1. The second-order valence-electron chi connectivity index (χ2n) is 6.17. The number of rotatable bonds is 3. The molecular weight excluding hydrogens is 255 g/mol. The third-order valence-corrected chi connectivity index (χ3v) is 4.40. The van der Waals surface area contributed by atoms with Gasteiger partial charge in [-0.2, -0.15) is 0 Å². The average molecular weight is 278 g/mol. The molecule has 1 fully saturated rings. The van der Waals surface area contributed by atoms with Gasteiger partial charge in [0.15, 0.2) is 0 Å². The summed E-state index contributed by atoms with van der Waals surface area (Å²) < 4.78 is 19.8. The van der Waals surface area contributed by atoms with Crippen molar-refractivity contribution in [2.75, 3.05) is 26.7 Å². The van der Waals surface area contributed by atoms with E-state index in [4.69, 9.17) is 4.74 Å². The van der Waals surface area contributed by atoms with Gasteiger partial charge in [0.25, 0.3) is 0 Å². The number of benzene rings is 1. The van der Waals surface area contributed by atoms with Crippen LogP contribution < -0.4 is 10.1 Å². The average Bonchev–Trinajstić information content (AvgIpc) is 2.77. The van der Waals surface area contributed by atoms with Crippen LogP contribution in [-0.2, 0) is 0 Å². The minimum absolute atomic E-state index is 0.106. The summed E-state index contributed by atoms with van der Waals surface area (Å²) in [4.78, 5) is 2.31. The molecule has 0 radical (unpaired) electrons. The SMILES string of the molecule is CCCNC1CC2(CCN(C)C2)Oc2ccc(F)cc21. The summed E-state index contributed by atoms with van der Waals surface area (Å²) in [6, 6.07) is 5.09. The maximum absolute atomic E-state index is 13.5. The van der Waals surface area contributed by atoms with Crippen LogP contribution in [0.4, 0.5) is 4.39 Å². The molecule has 2 unspecified atom stereocenters. The van der Waals surface area contributed by atoms with Gasteiger partial charge in [-0.3, -0.25) is 0 Å². The van der Waals surface area contributed by atoms with Crippen molar-refractivity contribution in [2.45, 2.75) is 37.8 Å². The normalized spacial score (nSPS) is 29.4. The van der Waals surface area contributed by atoms with Gasteiger partial charge in [-0.15, -0.1) is 0 Å². The minimum Gasteiger partial charge on any atom is -0.485 e. The van der Waals surface area contributed by atoms with E-state index in [1.165, 1.54) is 6.07 Å². The Morgan fingerprint density at radius 1 is 1.50 bits per heavy atom. The molecule has 0 saturated carbocycles. The van der Waals surface area contributed by atoms with Crippen molar-refractivity contribution in [1.29, 1.82) is 0 Å². The Hall–Kier alpha value is -1.13. The number of halogens is 1. The Bertz CT molecular complexity index is 493. The lowest BCUT2D eigenvalue weighted by Crippen LogP contribution is -2.46. The van der Waals surface area contributed by atoms with Gasteiger partial charge in [0, 0.05) is 37.5 Å². The van der Waals surface area contributed by atoms with Crippen LogP contribution in [0.15, 0.2) is 18.2 Å². The van der Waals surface area contributed by atoms with Gasteiger partial charge >= 0.3 is 0 Å². The number of nitrogens with one attached hydrogen (secondary N) is 1. The van der Waals surface area contributed by atoms with Gasteiger partial charge < -0.3 is 15.0 Å². The molecule has 2 heterocycles. The Kier molecular flexibility index (Phi) is 3.69. The van der Waals surface area contributed by atoms with Gasteiger partial charge in [-0.05, 0) is 38.2 Å². The van der Waals surface area contributed by atoms with Crippen molar-refractivity contribution in [2.24, 2.45) is 0 Å². The number of nitrogens with zero attached hydrogens (tertiary/aromatic N) is 1. The standard InChI is InChI=1S/C16H23FN2O/c1-3-7-18-14-10-16(6-8-19(2)11-16)20-15-5-4-12(17)9-13(14)15/h4-5,9,14,18H,3,6-8,10-11H2,1-2H3. The monoisotopic (exact) mass is 278 g/mol. The molecule has 0 amide bonds. The molecule has 2 aliphatic rings. The molecule has 4 heteroatoms. The van der Waals surface area contributed by atoms with Crippen molar-refractivity contribution in [1.82, 2.24) is 10.2 Å². The smallest absolute Gasteiger partial charge is 0.125 e. The fourth-order valence-electron chi connectivity index (χ4n) is 3.44. The Labute approximate surface area is 120 Å². The summed E-state index contributed by atoms with van der Waals surface area (Å²) >= 11 is 0. The fraction of sp³-hybridized carbons (Fsp3) is 0.625. The van der Waals surface area contributed by atoms with E-state index in [9.17, 15) is 4.39 Å². The molecule has 0 bridgehead atoms. The predicted molar refractivity (Wildman–Crippen MR) is 77.5 cm³/mol. The van der Waals surface area contributed by atoms with E-state index in [1.807, 2.05) is 0 Å². The zero-order valence-corrected chi connectivity index (χ0v) is 12.3. The topological polar surface area (TPSA) is 24.5 Å². The summed E-state index contributed by atoms with van der Waals surface area (Å²) in [5, 5.41) is 3.56. The number of likely N-dealkylation sites (N-methyl/N-ethyl adjacent to an activating group) is 1. The van der Waals surface area contributed by atoms with Crippen LogP contribution in [0.2, 0.25) is 0 Å². The lowest BCUT2D eigenvalue weighted by Gasteiger charge is -2.40. The summed E-state index contributed by atoms with van der Waals surface area (Å²) in [5.41, 5.74) is 0.865. The first kappa shape index (κ1) is 13.8. The maximum atomic E-state index is 13.5. The third kappa shape index (κ3) is 2.54. The van der Waals surface area contributed by atoms with Crippen molar-refractivity contribution in [3.05, 3.63) is 29.6 Å². The van der Waals surface area contributed by atoms with Crippen LogP contribution in [0.5, 0.6) is 5.75 Å². The molecule has 3 rings (SSSR count). The largest absolute Gasteiger partial charge is 0.485 e. The zero-order valence-electron chi connectivity index (χ0n) is 12.3. The molecule has 2 atom stereocenters. The molecule has 20 heavy (non-hydrogen) atoms. The molecule has 3 nitrogen and oxygen atoms in total. The van der Waals surface area contributed by atoms with Gasteiger partial charge in [0.05, 0.1) is 0 Å². The van der Waals surface area contributed by atoms with Gasteiger partial charge in [-0.25, -0.2) is 4.39 Å². The highest BCUT2D eigenvalue weighted by Gasteiger charge is 2.44. The van der Waals surface area contributed by atoms with Gasteiger partial charge in [0.1, 0.15) is 17.2 Å². The Morgan fingerprint density at radius 3 is 3.05 bits per heavy atom.